The van der Waals surface area contributed by atoms with Crippen LogP contribution in [0.2, 0.25) is 0 Å². The summed E-state index contributed by atoms with van der Waals surface area (Å²) in [4.78, 5) is 38.1. The Bertz CT molecular complexity index is 1580. The number of hydrogen-bond acceptors (Lipinski definition) is 6. The lowest BCUT2D eigenvalue weighted by Crippen LogP contribution is -2.30. The average molecular weight is 965 g/mol. The Morgan fingerprint density at radius 1 is 0.314 bits per heavy atom. The summed E-state index contributed by atoms with van der Waals surface area (Å²) in [5.41, 5.74) is 0. The predicted octanol–water partition coefficient (Wildman–Crippen LogP) is 18.8. The van der Waals surface area contributed by atoms with Crippen LogP contribution in [0.5, 0.6) is 0 Å². The molecular formula is C64H100O6. The zero-order valence-electron chi connectivity index (χ0n) is 44.7. The van der Waals surface area contributed by atoms with Crippen molar-refractivity contribution in [3.05, 3.63) is 146 Å². The molecule has 6 heteroatoms. The zero-order valence-corrected chi connectivity index (χ0v) is 44.7. The number of ether oxygens (including phenoxy) is 3. The topological polar surface area (TPSA) is 78.9 Å². The lowest BCUT2D eigenvalue weighted by molar-refractivity contribution is -0.166. The molecule has 0 bridgehead atoms. The zero-order chi connectivity index (χ0) is 50.7. The number of rotatable bonds is 48. The SMILES string of the molecule is CC\C=C/C=C\C=C/C=C\C=C/CCCCCC(=O)OCC(COC(=O)CC/C=C\C/C=C\C/C=C\C/C=C\C/C=C\C/C=C\CC)OC(=O)CCCCCCC/C=C\CCCCCCCCCCC. The van der Waals surface area contributed by atoms with Crippen LogP contribution in [-0.4, -0.2) is 37.2 Å². The van der Waals surface area contributed by atoms with Gasteiger partial charge < -0.3 is 14.2 Å². The second-order valence-electron chi connectivity index (χ2n) is 17.8. The van der Waals surface area contributed by atoms with Gasteiger partial charge in [0.2, 0.25) is 0 Å². The first-order valence-electron chi connectivity index (χ1n) is 27.9. The fraction of sp³-hybridized carbons (Fsp3) is 0.578. The highest BCUT2D eigenvalue weighted by atomic mass is 16.6. The minimum atomic E-state index is -0.837. The van der Waals surface area contributed by atoms with Crippen molar-refractivity contribution in [2.24, 2.45) is 0 Å². The van der Waals surface area contributed by atoms with E-state index in [2.05, 4.69) is 106 Å². The molecule has 0 radical (unpaired) electrons. The first-order chi connectivity index (χ1) is 34.5. The maximum atomic E-state index is 12.8. The van der Waals surface area contributed by atoms with Crippen molar-refractivity contribution < 1.29 is 28.6 Å². The van der Waals surface area contributed by atoms with Crippen molar-refractivity contribution in [2.75, 3.05) is 13.2 Å². The summed E-state index contributed by atoms with van der Waals surface area (Å²) in [7, 11) is 0. The van der Waals surface area contributed by atoms with Gasteiger partial charge in [-0.3, -0.25) is 14.4 Å². The molecule has 0 aliphatic carbocycles. The van der Waals surface area contributed by atoms with Crippen LogP contribution >= 0.6 is 0 Å². The Hall–Kier alpha value is -4.71. The molecule has 0 aliphatic heterocycles. The minimum absolute atomic E-state index is 0.133. The molecule has 0 rings (SSSR count). The van der Waals surface area contributed by atoms with Crippen molar-refractivity contribution in [3.8, 4) is 0 Å². The van der Waals surface area contributed by atoms with E-state index in [0.29, 0.717) is 12.8 Å². The van der Waals surface area contributed by atoms with Gasteiger partial charge in [0.05, 0.1) is 0 Å². The van der Waals surface area contributed by atoms with Crippen LogP contribution < -0.4 is 0 Å². The van der Waals surface area contributed by atoms with Gasteiger partial charge in [-0.1, -0.05) is 244 Å². The van der Waals surface area contributed by atoms with E-state index in [0.717, 1.165) is 96.3 Å². The largest absolute Gasteiger partial charge is 0.462 e. The highest BCUT2D eigenvalue weighted by Gasteiger charge is 2.19. The number of unbranched alkanes of at least 4 members (excludes halogenated alkanes) is 17. The van der Waals surface area contributed by atoms with Gasteiger partial charge in [-0.25, -0.2) is 0 Å². The molecule has 0 saturated carbocycles. The molecule has 0 heterocycles. The fourth-order valence-electron chi connectivity index (χ4n) is 7.07. The molecular weight excluding hydrogens is 865 g/mol. The summed E-state index contributed by atoms with van der Waals surface area (Å²) >= 11 is 0. The first-order valence-corrected chi connectivity index (χ1v) is 27.9. The third-order valence-corrected chi connectivity index (χ3v) is 11.2. The van der Waals surface area contributed by atoms with Crippen LogP contribution in [0.15, 0.2) is 146 Å². The first kappa shape index (κ1) is 65.3. The standard InChI is InChI=1S/C64H100O6/c1-4-7-10-13-16-19-22-25-28-30-32-34-36-39-42-45-48-51-54-57-63(66)69-60-61(59-68-62(65)56-53-50-47-44-41-38-35-27-24-21-18-15-12-9-6-3)70-64(67)58-55-52-49-46-43-40-37-33-31-29-26-23-20-17-14-11-8-5-2/h7,9-10,12,15-16,18-19,21,24-25,27-28,32-35,37-39,41-42,48,51,61H,4-6,8,11,13-14,17,20,22-23,26,29-31,36,40,43-47,49-50,52-60H2,1-3H3/b10-7-,12-9-,18-15-,19-16-,24-21-,28-25-,34-32-,35-27-,37-33-,41-38-,42-39-,51-48-. The second-order valence-corrected chi connectivity index (χ2v) is 17.8. The van der Waals surface area contributed by atoms with E-state index in [1.54, 1.807) is 0 Å². The van der Waals surface area contributed by atoms with Gasteiger partial charge in [0.15, 0.2) is 6.10 Å². The lowest BCUT2D eigenvalue weighted by Gasteiger charge is -2.18. The predicted molar refractivity (Wildman–Crippen MR) is 302 cm³/mol. The maximum absolute atomic E-state index is 12.8. The van der Waals surface area contributed by atoms with Crippen LogP contribution in [-0.2, 0) is 28.6 Å². The summed E-state index contributed by atoms with van der Waals surface area (Å²) < 4.78 is 16.7. The fourth-order valence-corrected chi connectivity index (χ4v) is 7.07. The molecule has 1 unspecified atom stereocenters. The van der Waals surface area contributed by atoms with Crippen molar-refractivity contribution >= 4 is 17.9 Å². The molecule has 70 heavy (non-hydrogen) atoms. The van der Waals surface area contributed by atoms with E-state index in [1.807, 2.05) is 60.8 Å². The summed E-state index contributed by atoms with van der Waals surface area (Å²) in [6.07, 6.45) is 81.3. The smallest absolute Gasteiger partial charge is 0.306 e. The van der Waals surface area contributed by atoms with E-state index >= 15 is 0 Å². The minimum Gasteiger partial charge on any atom is -0.462 e. The highest BCUT2D eigenvalue weighted by Crippen LogP contribution is 2.13. The molecule has 0 aromatic carbocycles. The normalized spacial score (nSPS) is 13.2. The van der Waals surface area contributed by atoms with Crippen molar-refractivity contribution in [1.82, 2.24) is 0 Å². The average Bonchev–Trinajstić information content (AvgIpc) is 3.36. The molecule has 0 aromatic rings. The Balaban J connectivity index is 4.60. The number of carbonyl (C=O) groups is 3. The molecule has 392 valence electrons. The van der Waals surface area contributed by atoms with Crippen molar-refractivity contribution in [3.63, 3.8) is 0 Å². The van der Waals surface area contributed by atoms with Crippen LogP contribution in [0.3, 0.4) is 0 Å². The van der Waals surface area contributed by atoms with Gasteiger partial charge in [0.1, 0.15) is 13.2 Å². The molecule has 0 aliphatic rings. The molecule has 0 fully saturated rings. The van der Waals surface area contributed by atoms with E-state index in [9.17, 15) is 14.4 Å². The second kappa shape index (κ2) is 56.9. The number of carbonyl (C=O) groups excluding carboxylic acids is 3. The van der Waals surface area contributed by atoms with Crippen LogP contribution in [0.1, 0.15) is 220 Å². The van der Waals surface area contributed by atoms with Gasteiger partial charge in [-0.2, -0.15) is 0 Å². The summed E-state index contributed by atoms with van der Waals surface area (Å²) in [5, 5.41) is 0. The molecule has 6 nitrogen and oxygen atoms in total. The molecule has 1 atom stereocenters. The van der Waals surface area contributed by atoms with Crippen molar-refractivity contribution in [1.29, 1.82) is 0 Å². The Morgan fingerprint density at radius 3 is 1.14 bits per heavy atom. The van der Waals surface area contributed by atoms with E-state index in [-0.39, 0.29) is 50.4 Å². The number of hydrogen-bond donors (Lipinski definition) is 0. The summed E-state index contributed by atoms with van der Waals surface area (Å²) in [6, 6.07) is 0. The Morgan fingerprint density at radius 2 is 0.657 bits per heavy atom. The van der Waals surface area contributed by atoms with Crippen molar-refractivity contribution in [2.45, 2.75) is 226 Å². The van der Waals surface area contributed by atoms with Crippen LogP contribution in [0, 0.1) is 0 Å². The van der Waals surface area contributed by atoms with Gasteiger partial charge in [0, 0.05) is 19.3 Å². The van der Waals surface area contributed by atoms with Crippen LogP contribution in [0.25, 0.3) is 0 Å². The number of esters is 3. The van der Waals surface area contributed by atoms with Gasteiger partial charge >= 0.3 is 17.9 Å². The molecule has 0 aromatic heterocycles. The molecule has 0 saturated heterocycles. The molecule has 0 N–H and O–H groups in total. The Kier molecular flexibility index (Phi) is 53.0. The van der Waals surface area contributed by atoms with Crippen LogP contribution in [0.4, 0.5) is 0 Å². The summed E-state index contributed by atoms with van der Waals surface area (Å²) in [5.74, 6) is -1.07. The summed E-state index contributed by atoms with van der Waals surface area (Å²) in [6.45, 7) is 6.26. The van der Waals surface area contributed by atoms with E-state index < -0.39 is 6.10 Å². The van der Waals surface area contributed by atoms with Gasteiger partial charge in [-0.05, 0) is 103 Å². The monoisotopic (exact) mass is 965 g/mol. The maximum Gasteiger partial charge on any atom is 0.306 e. The molecule has 0 spiro atoms. The number of allylic oxidation sites excluding steroid dienone is 24. The quantitative estimate of drug-likeness (QED) is 0.0199. The lowest BCUT2D eigenvalue weighted by atomic mass is 10.1. The van der Waals surface area contributed by atoms with Gasteiger partial charge in [-0.15, -0.1) is 0 Å². The highest BCUT2D eigenvalue weighted by molar-refractivity contribution is 5.71. The third-order valence-electron chi connectivity index (χ3n) is 11.2. The van der Waals surface area contributed by atoms with E-state index in [1.165, 1.54) is 70.6 Å². The third kappa shape index (κ3) is 54.2. The molecule has 0 amide bonds. The van der Waals surface area contributed by atoms with Gasteiger partial charge in [0.25, 0.3) is 0 Å². The van der Waals surface area contributed by atoms with E-state index in [4.69, 9.17) is 14.2 Å². The Labute approximate surface area is 429 Å².